The number of thiophene rings is 1. The average molecular weight is 291 g/mol. The van der Waals surface area contributed by atoms with E-state index in [0.29, 0.717) is 13.0 Å². The Morgan fingerprint density at radius 2 is 2.40 bits per heavy atom. The first-order chi connectivity index (χ1) is 9.78. The van der Waals surface area contributed by atoms with Gasteiger partial charge < -0.3 is 10.4 Å². The molecule has 8 heteroatoms. The van der Waals surface area contributed by atoms with Gasteiger partial charge in [-0.05, 0) is 22.6 Å². The SMILES string of the molecule is O=C(Cn1cnnn1)NCc1ccc(C#CCCO)s1. The van der Waals surface area contributed by atoms with Crippen molar-refractivity contribution in [3.8, 4) is 11.8 Å². The average Bonchev–Trinajstić information content (AvgIpc) is 3.08. The highest BCUT2D eigenvalue weighted by molar-refractivity contribution is 7.12. The van der Waals surface area contributed by atoms with Gasteiger partial charge in [0.15, 0.2) is 0 Å². The van der Waals surface area contributed by atoms with Crippen molar-refractivity contribution < 1.29 is 9.90 Å². The molecule has 7 nitrogen and oxygen atoms in total. The van der Waals surface area contributed by atoms with E-state index < -0.39 is 0 Å². The lowest BCUT2D eigenvalue weighted by Gasteiger charge is -2.02. The zero-order valence-electron chi connectivity index (χ0n) is 10.6. The molecule has 0 atom stereocenters. The monoisotopic (exact) mass is 291 g/mol. The van der Waals surface area contributed by atoms with Gasteiger partial charge in [-0.1, -0.05) is 11.8 Å². The van der Waals surface area contributed by atoms with Crippen LogP contribution in [0.15, 0.2) is 18.5 Å². The number of aliphatic hydroxyl groups excluding tert-OH is 1. The summed E-state index contributed by atoms with van der Waals surface area (Å²) in [6, 6.07) is 3.82. The van der Waals surface area contributed by atoms with Gasteiger partial charge in [0.2, 0.25) is 5.91 Å². The first-order valence-electron chi connectivity index (χ1n) is 5.94. The van der Waals surface area contributed by atoms with E-state index in [1.807, 2.05) is 12.1 Å². The first-order valence-corrected chi connectivity index (χ1v) is 6.75. The van der Waals surface area contributed by atoms with E-state index in [4.69, 9.17) is 5.11 Å². The molecule has 1 amide bonds. The highest BCUT2D eigenvalue weighted by Gasteiger charge is 2.04. The highest BCUT2D eigenvalue weighted by atomic mass is 32.1. The van der Waals surface area contributed by atoms with Crippen molar-refractivity contribution in [2.24, 2.45) is 0 Å². The summed E-state index contributed by atoms with van der Waals surface area (Å²) in [6.07, 6.45) is 1.86. The Bertz CT molecular complexity index is 611. The van der Waals surface area contributed by atoms with Crippen molar-refractivity contribution in [1.29, 1.82) is 0 Å². The number of hydrogen-bond donors (Lipinski definition) is 2. The summed E-state index contributed by atoms with van der Waals surface area (Å²) in [5, 5.41) is 21.9. The molecule has 2 heterocycles. The van der Waals surface area contributed by atoms with Crippen LogP contribution in [0, 0.1) is 11.8 Å². The standard InChI is InChI=1S/C12H13N5O2S/c18-6-2-1-3-10-4-5-11(20-10)7-13-12(19)8-17-9-14-15-16-17/h4-5,9,18H,2,6-8H2,(H,13,19). The fourth-order valence-electron chi connectivity index (χ4n) is 1.39. The van der Waals surface area contributed by atoms with Gasteiger partial charge in [-0.25, -0.2) is 4.68 Å². The summed E-state index contributed by atoms with van der Waals surface area (Å²) in [4.78, 5) is 13.6. The maximum Gasteiger partial charge on any atom is 0.242 e. The molecule has 2 N–H and O–H groups in total. The quantitative estimate of drug-likeness (QED) is 0.743. The third-order valence-electron chi connectivity index (χ3n) is 2.27. The minimum Gasteiger partial charge on any atom is -0.395 e. The highest BCUT2D eigenvalue weighted by Crippen LogP contribution is 2.14. The van der Waals surface area contributed by atoms with Gasteiger partial charge in [0.25, 0.3) is 0 Å². The van der Waals surface area contributed by atoms with Crippen LogP contribution in [0.3, 0.4) is 0 Å². The summed E-state index contributed by atoms with van der Waals surface area (Å²) in [5.41, 5.74) is 0. The van der Waals surface area contributed by atoms with Gasteiger partial charge in [-0.2, -0.15) is 0 Å². The molecular weight excluding hydrogens is 278 g/mol. The van der Waals surface area contributed by atoms with E-state index in [0.717, 1.165) is 9.75 Å². The first kappa shape index (κ1) is 14.2. The van der Waals surface area contributed by atoms with E-state index in [2.05, 4.69) is 32.7 Å². The Kier molecular flexibility index (Phi) is 5.23. The summed E-state index contributed by atoms with van der Waals surface area (Å²) < 4.78 is 1.36. The van der Waals surface area contributed by atoms with Crippen LogP contribution >= 0.6 is 11.3 Å². The van der Waals surface area contributed by atoms with Gasteiger partial charge in [-0.15, -0.1) is 16.4 Å². The number of nitrogens with zero attached hydrogens (tertiary/aromatic N) is 4. The normalized spacial score (nSPS) is 9.85. The van der Waals surface area contributed by atoms with Crippen molar-refractivity contribution in [3.05, 3.63) is 28.2 Å². The number of amides is 1. The van der Waals surface area contributed by atoms with Crippen LogP contribution in [0.4, 0.5) is 0 Å². The van der Waals surface area contributed by atoms with Gasteiger partial charge in [-0.3, -0.25) is 4.79 Å². The van der Waals surface area contributed by atoms with Crippen LogP contribution in [-0.2, 0) is 17.9 Å². The molecule has 20 heavy (non-hydrogen) atoms. The van der Waals surface area contributed by atoms with E-state index in [9.17, 15) is 4.79 Å². The number of nitrogens with one attached hydrogen (secondary N) is 1. The molecule has 104 valence electrons. The molecule has 2 aromatic heterocycles. The predicted molar refractivity (Wildman–Crippen MR) is 72.6 cm³/mol. The molecule has 0 aliphatic carbocycles. The molecule has 0 bridgehead atoms. The molecule has 0 aliphatic rings. The Hall–Kier alpha value is -2.24. The lowest BCUT2D eigenvalue weighted by atomic mass is 10.4. The number of aromatic nitrogens is 4. The second-order valence-corrected chi connectivity index (χ2v) is 4.99. The second kappa shape index (κ2) is 7.37. The van der Waals surface area contributed by atoms with Crippen molar-refractivity contribution in [1.82, 2.24) is 25.5 Å². The number of aliphatic hydroxyl groups is 1. The van der Waals surface area contributed by atoms with Gasteiger partial charge in [0.1, 0.15) is 12.9 Å². The predicted octanol–water partition coefficient (Wildman–Crippen LogP) is -0.215. The smallest absolute Gasteiger partial charge is 0.242 e. The topological polar surface area (TPSA) is 92.9 Å². The summed E-state index contributed by atoms with van der Waals surface area (Å²) >= 11 is 1.52. The molecule has 0 radical (unpaired) electrons. The molecule has 0 aliphatic heterocycles. The number of tetrazole rings is 1. The summed E-state index contributed by atoms with van der Waals surface area (Å²) in [7, 11) is 0. The second-order valence-electron chi connectivity index (χ2n) is 3.83. The van der Waals surface area contributed by atoms with Crippen LogP contribution < -0.4 is 5.32 Å². The molecule has 0 aromatic carbocycles. The molecule has 2 aromatic rings. The lowest BCUT2D eigenvalue weighted by molar-refractivity contribution is -0.122. The van der Waals surface area contributed by atoms with Gasteiger partial charge >= 0.3 is 0 Å². The molecule has 0 saturated carbocycles. The Morgan fingerprint density at radius 1 is 1.50 bits per heavy atom. The summed E-state index contributed by atoms with van der Waals surface area (Å²) in [6.45, 7) is 0.618. The van der Waals surface area contributed by atoms with Gasteiger partial charge in [0.05, 0.1) is 18.0 Å². The largest absolute Gasteiger partial charge is 0.395 e. The van der Waals surface area contributed by atoms with Crippen LogP contribution in [0.25, 0.3) is 0 Å². The molecule has 0 unspecified atom stereocenters. The Morgan fingerprint density at radius 3 is 3.15 bits per heavy atom. The van der Waals surface area contributed by atoms with Crippen LogP contribution in [0.5, 0.6) is 0 Å². The number of carbonyl (C=O) groups excluding carboxylic acids is 1. The number of carbonyl (C=O) groups is 1. The third-order valence-corrected chi connectivity index (χ3v) is 3.27. The lowest BCUT2D eigenvalue weighted by Crippen LogP contribution is -2.27. The zero-order valence-corrected chi connectivity index (χ0v) is 11.4. The van der Waals surface area contributed by atoms with E-state index in [1.54, 1.807) is 0 Å². The van der Waals surface area contributed by atoms with Crippen LogP contribution in [0.1, 0.15) is 16.2 Å². The van der Waals surface area contributed by atoms with Crippen molar-refractivity contribution >= 4 is 17.2 Å². The van der Waals surface area contributed by atoms with Crippen LogP contribution in [0.2, 0.25) is 0 Å². The molecule has 2 rings (SSSR count). The minimum absolute atomic E-state index is 0.0679. The van der Waals surface area contributed by atoms with E-state index >= 15 is 0 Å². The zero-order chi connectivity index (χ0) is 14.2. The molecule has 0 saturated heterocycles. The minimum atomic E-state index is -0.154. The van der Waals surface area contributed by atoms with Crippen LogP contribution in [-0.4, -0.2) is 37.8 Å². The molecular formula is C12H13N5O2S. The third kappa shape index (κ3) is 4.46. The summed E-state index contributed by atoms with van der Waals surface area (Å²) in [5.74, 6) is 5.66. The Balaban J connectivity index is 1.79. The van der Waals surface area contributed by atoms with Crippen molar-refractivity contribution in [2.45, 2.75) is 19.5 Å². The molecule has 0 fully saturated rings. The fourth-order valence-corrected chi connectivity index (χ4v) is 2.21. The van der Waals surface area contributed by atoms with E-state index in [1.165, 1.54) is 22.3 Å². The van der Waals surface area contributed by atoms with Gasteiger partial charge in [0, 0.05) is 11.3 Å². The molecule has 0 spiro atoms. The van der Waals surface area contributed by atoms with E-state index in [-0.39, 0.29) is 19.1 Å². The maximum absolute atomic E-state index is 11.6. The van der Waals surface area contributed by atoms with Crippen molar-refractivity contribution in [3.63, 3.8) is 0 Å². The number of hydrogen-bond acceptors (Lipinski definition) is 6. The Labute approximate surface area is 119 Å². The number of rotatable bonds is 5. The maximum atomic E-state index is 11.6. The van der Waals surface area contributed by atoms with Crippen molar-refractivity contribution in [2.75, 3.05) is 6.61 Å². The fraction of sp³-hybridized carbons (Fsp3) is 0.333.